The first-order chi connectivity index (χ1) is 4.52. The Hall–Kier alpha value is 0.900. The fourth-order valence-electron chi connectivity index (χ4n) is 0.933. The third kappa shape index (κ3) is 1.94. The van der Waals surface area contributed by atoms with Gasteiger partial charge in [0.1, 0.15) is 0 Å². The fourth-order valence-corrected chi connectivity index (χ4v) is 2.20. The third-order valence-electron chi connectivity index (χ3n) is 1.51. The van der Waals surface area contributed by atoms with Gasteiger partial charge < -0.3 is 0 Å². The molecule has 2 atom stereocenters. The van der Waals surface area contributed by atoms with Gasteiger partial charge in [0, 0.05) is 5.92 Å². The summed E-state index contributed by atoms with van der Waals surface area (Å²) in [6, 6.07) is 0. The van der Waals surface area contributed by atoms with Crippen molar-refractivity contribution in [2.75, 3.05) is 0 Å². The standard InChI is InChI=1S/C6H6Cl4/c7-5-3-1-2-4(5)6(8,9)10/h1,3-5H,2H2/t4-,5-/m0/s1. The van der Waals surface area contributed by atoms with Gasteiger partial charge in [-0.3, -0.25) is 0 Å². The van der Waals surface area contributed by atoms with Crippen molar-refractivity contribution in [3.63, 3.8) is 0 Å². The van der Waals surface area contributed by atoms with Gasteiger partial charge in [0.2, 0.25) is 0 Å². The minimum Gasteiger partial charge on any atom is -0.118 e. The van der Waals surface area contributed by atoms with E-state index in [1.54, 1.807) is 0 Å². The first kappa shape index (κ1) is 8.99. The molecule has 0 heterocycles. The largest absolute Gasteiger partial charge is 0.195 e. The lowest BCUT2D eigenvalue weighted by Gasteiger charge is -2.21. The summed E-state index contributed by atoms with van der Waals surface area (Å²) in [7, 11) is 0. The fraction of sp³-hybridized carbons (Fsp3) is 0.667. The number of halogens is 4. The molecule has 0 aromatic heterocycles. The number of hydrogen-bond acceptors (Lipinski definition) is 0. The molecule has 0 nitrogen and oxygen atoms in total. The van der Waals surface area contributed by atoms with Gasteiger partial charge in [-0.1, -0.05) is 47.0 Å². The van der Waals surface area contributed by atoms with E-state index in [2.05, 4.69) is 0 Å². The molecule has 1 aliphatic rings. The molecule has 1 aliphatic carbocycles. The smallest absolute Gasteiger partial charge is 0.118 e. The zero-order valence-corrected chi connectivity index (χ0v) is 8.05. The molecule has 0 radical (unpaired) electrons. The Morgan fingerprint density at radius 3 is 2.10 bits per heavy atom. The van der Waals surface area contributed by atoms with E-state index in [9.17, 15) is 0 Å². The topological polar surface area (TPSA) is 0 Å². The van der Waals surface area contributed by atoms with Gasteiger partial charge in [-0.25, -0.2) is 0 Å². The summed E-state index contributed by atoms with van der Waals surface area (Å²) < 4.78 is -1.23. The summed E-state index contributed by atoms with van der Waals surface area (Å²) in [6.07, 6.45) is 4.54. The van der Waals surface area contributed by atoms with Crippen LogP contribution in [0.5, 0.6) is 0 Å². The van der Waals surface area contributed by atoms with Crippen molar-refractivity contribution in [1.29, 1.82) is 0 Å². The lowest BCUT2D eigenvalue weighted by molar-refractivity contribution is 0.591. The number of rotatable bonds is 0. The van der Waals surface area contributed by atoms with Crippen LogP contribution < -0.4 is 0 Å². The van der Waals surface area contributed by atoms with Crippen LogP contribution in [0.4, 0.5) is 0 Å². The minimum atomic E-state index is -1.23. The molecule has 0 bridgehead atoms. The second-order valence-corrected chi connectivity index (χ2v) is 5.13. The number of allylic oxidation sites excluding steroid dienone is 2. The maximum absolute atomic E-state index is 5.82. The molecule has 1 rings (SSSR count). The van der Waals surface area contributed by atoms with Crippen molar-refractivity contribution in [2.45, 2.75) is 15.6 Å². The van der Waals surface area contributed by atoms with E-state index in [1.807, 2.05) is 12.2 Å². The van der Waals surface area contributed by atoms with E-state index >= 15 is 0 Å². The van der Waals surface area contributed by atoms with E-state index < -0.39 is 3.79 Å². The normalized spacial score (nSPS) is 33.2. The van der Waals surface area contributed by atoms with Gasteiger partial charge in [-0.05, 0) is 6.42 Å². The Morgan fingerprint density at radius 1 is 1.30 bits per heavy atom. The van der Waals surface area contributed by atoms with Crippen LogP contribution in [0, 0.1) is 5.92 Å². The van der Waals surface area contributed by atoms with Crippen molar-refractivity contribution in [3.05, 3.63) is 12.2 Å². The minimum absolute atomic E-state index is 0.0702. The molecule has 0 aromatic carbocycles. The first-order valence-electron chi connectivity index (χ1n) is 2.89. The summed E-state index contributed by atoms with van der Waals surface area (Å²) in [4.78, 5) is 0. The molecule has 0 aliphatic heterocycles. The number of alkyl halides is 4. The average Bonchev–Trinajstić information content (AvgIpc) is 2.11. The van der Waals surface area contributed by atoms with Gasteiger partial charge in [0.15, 0.2) is 3.79 Å². The van der Waals surface area contributed by atoms with Crippen molar-refractivity contribution >= 4 is 46.4 Å². The molecular formula is C6H6Cl4. The molecule has 0 unspecified atom stereocenters. The van der Waals surface area contributed by atoms with Crippen molar-refractivity contribution in [3.8, 4) is 0 Å². The number of hydrogen-bond donors (Lipinski definition) is 0. The van der Waals surface area contributed by atoms with Gasteiger partial charge in [-0.2, -0.15) is 0 Å². The molecular weight excluding hydrogens is 214 g/mol. The van der Waals surface area contributed by atoms with Crippen LogP contribution in [-0.4, -0.2) is 9.17 Å². The lowest BCUT2D eigenvalue weighted by Crippen LogP contribution is -2.23. The van der Waals surface area contributed by atoms with Crippen LogP contribution in [0.15, 0.2) is 12.2 Å². The van der Waals surface area contributed by atoms with E-state index in [-0.39, 0.29) is 11.3 Å². The van der Waals surface area contributed by atoms with Gasteiger partial charge in [0.05, 0.1) is 5.38 Å². The average molecular weight is 220 g/mol. The highest BCUT2D eigenvalue weighted by atomic mass is 35.6. The van der Waals surface area contributed by atoms with E-state index in [1.165, 1.54) is 0 Å². The van der Waals surface area contributed by atoms with Crippen LogP contribution >= 0.6 is 46.4 Å². The summed E-state index contributed by atoms with van der Waals surface area (Å²) >= 11 is 22.7. The third-order valence-corrected chi connectivity index (χ3v) is 2.81. The zero-order chi connectivity index (χ0) is 7.78. The quantitative estimate of drug-likeness (QED) is 0.432. The highest BCUT2D eigenvalue weighted by molar-refractivity contribution is 6.68. The van der Waals surface area contributed by atoms with Gasteiger partial charge in [0.25, 0.3) is 0 Å². The zero-order valence-electron chi connectivity index (χ0n) is 5.03. The molecule has 10 heavy (non-hydrogen) atoms. The second-order valence-electron chi connectivity index (χ2n) is 2.26. The molecule has 0 N–H and O–H groups in total. The second kappa shape index (κ2) is 3.10. The van der Waals surface area contributed by atoms with Crippen LogP contribution in [0.2, 0.25) is 0 Å². The molecule has 0 spiro atoms. The molecule has 0 saturated heterocycles. The molecule has 0 fully saturated rings. The maximum atomic E-state index is 5.82. The van der Waals surface area contributed by atoms with Crippen LogP contribution in [0.1, 0.15) is 6.42 Å². The molecule has 0 saturated carbocycles. The molecule has 0 aromatic rings. The van der Waals surface area contributed by atoms with Crippen molar-refractivity contribution in [2.24, 2.45) is 5.92 Å². The summed E-state index contributed by atoms with van der Waals surface area (Å²) in [5.41, 5.74) is 0. The first-order valence-corrected chi connectivity index (χ1v) is 4.46. The maximum Gasteiger partial charge on any atom is 0.195 e. The molecule has 0 amide bonds. The van der Waals surface area contributed by atoms with E-state index in [4.69, 9.17) is 46.4 Å². The lowest BCUT2D eigenvalue weighted by atomic mass is 10.1. The monoisotopic (exact) mass is 218 g/mol. The Labute approximate surface area is 80.1 Å². The Bertz CT molecular complexity index is 146. The summed E-state index contributed by atoms with van der Waals surface area (Å²) in [5.74, 6) is -0.0702. The van der Waals surface area contributed by atoms with E-state index in [0.717, 1.165) is 6.42 Å². The van der Waals surface area contributed by atoms with Gasteiger partial charge in [-0.15, -0.1) is 11.6 Å². The predicted octanol–water partition coefficient (Wildman–Crippen LogP) is 3.54. The predicted molar refractivity (Wildman–Crippen MR) is 47.2 cm³/mol. The summed E-state index contributed by atoms with van der Waals surface area (Å²) in [5, 5.41) is -0.132. The van der Waals surface area contributed by atoms with Crippen LogP contribution in [0.25, 0.3) is 0 Å². The van der Waals surface area contributed by atoms with Crippen LogP contribution in [-0.2, 0) is 0 Å². The molecule has 4 heteroatoms. The SMILES string of the molecule is Cl[C@H]1C=CC[C@@H]1C(Cl)(Cl)Cl. The molecule has 58 valence electrons. The Kier molecular flexibility index (Phi) is 2.79. The highest BCUT2D eigenvalue weighted by Crippen LogP contribution is 2.43. The Balaban J connectivity index is 2.60. The van der Waals surface area contributed by atoms with E-state index in [0.29, 0.717) is 0 Å². The summed E-state index contributed by atoms with van der Waals surface area (Å²) in [6.45, 7) is 0. The Morgan fingerprint density at radius 2 is 1.90 bits per heavy atom. The van der Waals surface area contributed by atoms with Crippen molar-refractivity contribution < 1.29 is 0 Å². The van der Waals surface area contributed by atoms with Crippen molar-refractivity contribution in [1.82, 2.24) is 0 Å². The highest BCUT2D eigenvalue weighted by Gasteiger charge is 2.38. The van der Waals surface area contributed by atoms with Gasteiger partial charge >= 0.3 is 0 Å². The van der Waals surface area contributed by atoms with Crippen LogP contribution in [0.3, 0.4) is 0 Å².